The van der Waals surface area contributed by atoms with Gasteiger partial charge in [-0.05, 0) is 59.9 Å². The van der Waals surface area contributed by atoms with Crippen LogP contribution >= 0.6 is 0 Å². The van der Waals surface area contributed by atoms with Crippen LogP contribution < -0.4 is 4.90 Å². The number of hydrogen-bond acceptors (Lipinski definition) is 3. The number of nitrogens with zero attached hydrogens (tertiary/aromatic N) is 2. The van der Waals surface area contributed by atoms with E-state index in [-0.39, 0.29) is 17.4 Å². The number of benzene rings is 2. The fourth-order valence-electron chi connectivity index (χ4n) is 3.84. The van der Waals surface area contributed by atoms with Crippen LogP contribution in [0.5, 0.6) is 0 Å². The molecule has 6 heteroatoms. The number of carboxylic acid groups (broad SMARTS) is 1. The molecule has 6 nitrogen and oxygen atoms in total. The van der Waals surface area contributed by atoms with Gasteiger partial charge in [0.2, 0.25) is 5.91 Å². The van der Waals surface area contributed by atoms with Gasteiger partial charge in [0, 0.05) is 37.8 Å². The summed E-state index contributed by atoms with van der Waals surface area (Å²) < 4.78 is 0. The summed E-state index contributed by atoms with van der Waals surface area (Å²) in [6, 6.07) is 10.6. The van der Waals surface area contributed by atoms with Crippen LogP contribution in [-0.4, -0.2) is 41.4 Å². The van der Waals surface area contributed by atoms with Gasteiger partial charge in [0.05, 0.1) is 5.56 Å². The predicted octanol–water partition coefficient (Wildman–Crippen LogP) is 2.49. The molecule has 0 saturated carbocycles. The average Bonchev–Trinajstić information content (AvgIpc) is 2.69. The van der Waals surface area contributed by atoms with Crippen LogP contribution in [-0.2, 0) is 24.2 Å². The maximum atomic E-state index is 13.0. The minimum Gasteiger partial charge on any atom is -0.478 e. The van der Waals surface area contributed by atoms with Crippen LogP contribution in [0.1, 0.15) is 43.8 Å². The van der Waals surface area contributed by atoms with Crippen LogP contribution in [0.4, 0.5) is 5.69 Å². The van der Waals surface area contributed by atoms with E-state index in [2.05, 4.69) is 0 Å². The number of carbonyl (C=O) groups is 3. The predicted molar refractivity (Wildman–Crippen MR) is 100 cm³/mol. The van der Waals surface area contributed by atoms with Crippen molar-refractivity contribution in [1.29, 1.82) is 0 Å². The highest BCUT2D eigenvalue weighted by Gasteiger charge is 2.25. The molecule has 27 heavy (non-hydrogen) atoms. The first kappa shape index (κ1) is 17.3. The quantitative estimate of drug-likeness (QED) is 0.888. The van der Waals surface area contributed by atoms with Crippen molar-refractivity contribution in [2.24, 2.45) is 0 Å². The Kier molecular flexibility index (Phi) is 4.18. The summed E-state index contributed by atoms with van der Waals surface area (Å²) in [6.45, 7) is 1.01. The van der Waals surface area contributed by atoms with Gasteiger partial charge in [-0.2, -0.15) is 0 Å². The van der Waals surface area contributed by atoms with E-state index in [1.807, 2.05) is 18.2 Å². The number of amides is 2. The molecule has 0 unspecified atom stereocenters. The molecule has 4 rings (SSSR count). The second-order valence-electron chi connectivity index (χ2n) is 7.06. The summed E-state index contributed by atoms with van der Waals surface area (Å²) in [7, 11) is 1.75. The molecule has 2 aromatic carbocycles. The summed E-state index contributed by atoms with van der Waals surface area (Å²) in [5.41, 5.74) is 4.69. The second-order valence-corrected chi connectivity index (χ2v) is 7.06. The minimum atomic E-state index is -0.963. The van der Waals surface area contributed by atoms with Gasteiger partial charge in [-0.25, -0.2) is 4.79 Å². The van der Waals surface area contributed by atoms with Crippen molar-refractivity contribution >= 4 is 23.5 Å². The van der Waals surface area contributed by atoms with E-state index in [0.29, 0.717) is 37.9 Å². The molecule has 2 amide bonds. The number of anilines is 1. The van der Waals surface area contributed by atoms with Crippen molar-refractivity contribution < 1.29 is 19.5 Å². The first-order valence-corrected chi connectivity index (χ1v) is 8.98. The van der Waals surface area contributed by atoms with E-state index in [9.17, 15) is 19.5 Å². The van der Waals surface area contributed by atoms with Gasteiger partial charge in [-0.3, -0.25) is 9.59 Å². The Hall–Kier alpha value is -3.15. The lowest BCUT2D eigenvalue weighted by Crippen LogP contribution is -2.36. The first-order chi connectivity index (χ1) is 12.9. The largest absolute Gasteiger partial charge is 0.478 e. The minimum absolute atomic E-state index is 0.0660. The molecule has 0 bridgehead atoms. The van der Waals surface area contributed by atoms with Crippen molar-refractivity contribution in [3.63, 3.8) is 0 Å². The van der Waals surface area contributed by atoms with Gasteiger partial charge in [0.1, 0.15) is 0 Å². The smallest absolute Gasteiger partial charge is 0.335 e. The van der Waals surface area contributed by atoms with Gasteiger partial charge in [0.15, 0.2) is 0 Å². The Morgan fingerprint density at radius 2 is 1.67 bits per heavy atom. The van der Waals surface area contributed by atoms with Crippen molar-refractivity contribution in [2.75, 3.05) is 18.5 Å². The Bertz CT molecular complexity index is 967. The van der Waals surface area contributed by atoms with Crippen LogP contribution in [0.25, 0.3) is 0 Å². The summed E-state index contributed by atoms with van der Waals surface area (Å²) in [4.78, 5) is 39.4. The number of hydrogen-bond donors (Lipinski definition) is 1. The molecule has 0 aromatic heterocycles. The third kappa shape index (κ3) is 3.07. The zero-order chi connectivity index (χ0) is 19.1. The lowest BCUT2D eigenvalue weighted by molar-refractivity contribution is -0.118. The summed E-state index contributed by atoms with van der Waals surface area (Å²) >= 11 is 0. The number of carboxylic acids is 1. The number of rotatable bonds is 2. The fraction of sp³-hybridized carbons (Fsp3) is 0.286. The highest BCUT2D eigenvalue weighted by Crippen LogP contribution is 2.29. The lowest BCUT2D eigenvalue weighted by Gasteiger charge is -2.30. The van der Waals surface area contributed by atoms with Crippen molar-refractivity contribution in [1.82, 2.24) is 4.90 Å². The van der Waals surface area contributed by atoms with Gasteiger partial charge in [-0.1, -0.05) is 6.07 Å². The van der Waals surface area contributed by atoms with Crippen molar-refractivity contribution in [3.8, 4) is 0 Å². The molecule has 1 N–H and O–H groups in total. The maximum Gasteiger partial charge on any atom is 0.335 e. The van der Waals surface area contributed by atoms with Crippen molar-refractivity contribution in [2.45, 2.75) is 25.8 Å². The van der Waals surface area contributed by atoms with Crippen LogP contribution in [0, 0.1) is 0 Å². The number of carbonyl (C=O) groups excluding carboxylic acids is 2. The maximum absolute atomic E-state index is 13.0. The topological polar surface area (TPSA) is 77.9 Å². The zero-order valence-electron chi connectivity index (χ0n) is 15.1. The van der Waals surface area contributed by atoms with Crippen LogP contribution in [0.2, 0.25) is 0 Å². The Labute approximate surface area is 157 Å². The van der Waals surface area contributed by atoms with E-state index in [1.165, 1.54) is 0 Å². The Morgan fingerprint density at radius 1 is 0.926 bits per heavy atom. The van der Waals surface area contributed by atoms with Gasteiger partial charge in [0.25, 0.3) is 5.91 Å². The number of fused-ring (bicyclic) bond motifs is 2. The standard InChI is InChI=1S/C21H20N2O4/c1-22-18-6-4-15(10-14(18)5-7-19(22)24)20(25)23-9-8-13-2-3-16(21(26)27)11-17(13)12-23/h2-4,6,10-11H,5,7-9,12H2,1H3,(H,26,27). The third-order valence-electron chi connectivity index (χ3n) is 5.42. The molecule has 0 spiro atoms. The Balaban J connectivity index is 1.58. The fourth-order valence-corrected chi connectivity index (χ4v) is 3.84. The SMILES string of the molecule is CN1C(=O)CCc2cc(C(=O)N3CCc4ccc(C(=O)O)cc4C3)ccc21. The molecule has 0 aliphatic carbocycles. The van der Waals surface area contributed by atoms with Crippen LogP contribution in [0.15, 0.2) is 36.4 Å². The normalized spacial score (nSPS) is 16.0. The highest BCUT2D eigenvalue weighted by atomic mass is 16.4. The number of aromatic carboxylic acids is 1. The Morgan fingerprint density at radius 3 is 2.44 bits per heavy atom. The molecule has 2 heterocycles. The van der Waals surface area contributed by atoms with Gasteiger partial charge < -0.3 is 14.9 Å². The van der Waals surface area contributed by atoms with E-state index in [0.717, 1.165) is 22.4 Å². The molecule has 0 fully saturated rings. The van der Waals surface area contributed by atoms with E-state index < -0.39 is 5.97 Å². The zero-order valence-corrected chi connectivity index (χ0v) is 15.1. The number of aryl methyl sites for hydroxylation is 1. The molecular formula is C21H20N2O4. The van der Waals surface area contributed by atoms with Gasteiger partial charge in [-0.15, -0.1) is 0 Å². The molecule has 2 aliphatic heterocycles. The molecule has 138 valence electrons. The highest BCUT2D eigenvalue weighted by molar-refractivity contribution is 5.99. The molecule has 2 aliphatic rings. The van der Waals surface area contributed by atoms with E-state index >= 15 is 0 Å². The third-order valence-corrected chi connectivity index (χ3v) is 5.42. The average molecular weight is 364 g/mol. The van der Waals surface area contributed by atoms with Crippen molar-refractivity contribution in [3.05, 3.63) is 64.2 Å². The molecule has 0 atom stereocenters. The summed E-state index contributed by atoms with van der Waals surface area (Å²) in [5.74, 6) is -0.943. The monoisotopic (exact) mass is 364 g/mol. The first-order valence-electron chi connectivity index (χ1n) is 8.98. The summed E-state index contributed by atoms with van der Waals surface area (Å²) in [5, 5.41) is 9.18. The van der Waals surface area contributed by atoms with Gasteiger partial charge >= 0.3 is 5.97 Å². The summed E-state index contributed by atoms with van der Waals surface area (Å²) in [6.07, 6.45) is 1.81. The van der Waals surface area contributed by atoms with E-state index in [4.69, 9.17) is 0 Å². The van der Waals surface area contributed by atoms with Crippen LogP contribution in [0.3, 0.4) is 0 Å². The lowest BCUT2D eigenvalue weighted by atomic mass is 9.95. The molecule has 0 radical (unpaired) electrons. The molecular weight excluding hydrogens is 344 g/mol. The molecule has 2 aromatic rings. The molecule has 0 saturated heterocycles. The second kappa shape index (κ2) is 6.54. The van der Waals surface area contributed by atoms with E-state index in [1.54, 1.807) is 35.0 Å².